The number of carbonyl (C=O) groups is 2. The van der Waals surface area contributed by atoms with Crippen molar-refractivity contribution in [3.05, 3.63) is 53.4 Å². The van der Waals surface area contributed by atoms with E-state index in [0.29, 0.717) is 18.7 Å². The van der Waals surface area contributed by atoms with Gasteiger partial charge in [-0.1, -0.05) is 18.2 Å². The first kappa shape index (κ1) is 17.2. The average Bonchev–Trinajstić information content (AvgIpc) is 3.31. The number of benzene rings is 1. The van der Waals surface area contributed by atoms with Crippen molar-refractivity contribution < 1.29 is 23.5 Å². The third kappa shape index (κ3) is 2.85. The molecule has 0 saturated carbocycles. The molecule has 4 rings (SSSR count). The molecule has 0 spiro atoms. The highest BCUT2D eigenvalue weighted by Gasteiger charge is 2.40. The number of para-hydroxylation sites is 1. The summed E-state index contributed by atoms with van der Waals surface area (Å²) in [4.78, 5) is 30.6. The molecule has 1 aliphatic rings. The predicted octanol–water partition coefficient (Wildman–Crippen LogP) is 3.07. The molecule has 3 heterocycles. The molecule has 27 heavy (non-hydrogen) atoms. The maximum Gasteiger partial charge on any atom is 0.335 e. The van der Waals surface area contributed by atoms with Crippen molar-refractivity contribution in [2.45, 2.75) is 19.4 Å². The lowest BCUT2D eigenvalue weighted by atomic mass is 9.97. The molecule has 0 bridgehead atoms. The van der Waals surface area contributed by atoms with E-state index >= 15 is 0 Å². The third-order valence-electron chi connectivity index (χ3n) is 4.80. The van der Waals surface area contributed by atoms with Gasteiger partial charge in [-0.25, -0.2) is 4.79 Å². The summed E-state index contributed by atoms with van der Waals surface area (Å²) in [6.45, 7) is 2.37. The van der Waals surface area contributed by atoms with Gasteiger partial charge >= 0.3 is 5.97 Å². The highest BCUT2D eigenvalue weighted by Crippen LogP contribution is 2.36. The number of ether oxygens (including phenoxy) is 2. The first-order valence-electron chi connectivity index (χ1n) is 8.85. The molecule has 7 heteroatoms. The fourth-order valence-electron chi connectivity index (χ4n) is 3.61. The largest absolute Gasteiger partial charge is 0.468 e. The standard InChI is InChI=1S/C20H20N2O5/c1-3-26-20(24)18-17-13(12-6-4-5-7-14(12)21-17)10-11-22(18)19(23)15-8-9-16(25-2)27-15/h4-9,18,21H,3,10-11H2,1-2H3/t18-/m1/s1. The molecule has 0 saturated heterocycles. The van der Waals surface area contributed by atoms with Crippen molar-refractivity contribution in [2.75, 3.05) is 20.3 Å². The molecular weight excluding hydrogens is 348 g/mol. The van der Waals surface area contributed by atoms with Gasteiger partial charge in [-0.2, -0.15) is 0 Å². The van der Waals surface area contributed by atoms with Crippen LogP contribution in [0.2, 0.25) is 0 Å². The number of hydrogen-bond donors (Lipinski definition) is 1. The zero-order valence-electron chi connectivity index (χ0n) is 15.2. The van der Waals surface area contributed by atoms with E-state index in [4.69, 9.17) is 13.9 Å². The Morgan fingerprint density at radius 3 is 2.81 bits per heavy atom. The van der Waals surface area contributed by atoms with Crippen LogP contribution in [0.15, 0.2) is 40.8 Å². The van der Waals surface area contributed by atoms with E-state index in [1.165, 1.54) is 12.0 Å². The molecule has 0 fully saturated rings. The van der Waals surface area contributed by atoms with Gasteiger partial charge in [0.25, 0.3) is 11.9 Å². The summed E-state index contributed by atoms with van der Waals surface area (Å²) >= 11 is 0. The van der Waals surface area contributed by atoms with E-state index in [0.717, 1.165) is 16.5 Å². The summed E-state index contributed by atoms with van der Waals surface area (Å²) in [5, 5.41) is 1.06. The topological polar surface area (TPSA) is 84.8 Å². The Labute approximate surface area is 155 Å². The van der Waals surface area contributed by atoms with Crippen LogP contribution in [-0.4, -0.2) is 42.0 Å². The van der Waals surface area contributed by atoms with Gasteiger partial charge in [-0.05, 0) is 31.0 Å². The van der Waals surface area contributed by atoms with Crippen LogP contribution in [0.4, 0.5) is 0 Å². The molecular formula is C20H20N2O5. The van der Waals surface area contributed by atoms with Gasteiger partial charge in [0.2, 0.25) is 0 Å². The van der Waals surface area contributed by atoms with Crippen LogP contribution >= 0.6 is 0 Å². The molecule has 0 aliphatic carbocycles. The summed E-state index contributed by atoms with van der Waals surface area (Å²) < 4.78 is 15.7. The molecule has 2 aromatic heterocycles. The Balaban J connectivity index is 1.77. The van der Waals surface area contributed by atoms with Gasteiger partial charge in [-0.15, -0.1) is 0 Å². The zero-order chi connectivity index (χ0) is 19.0. The molecule has 0 unspecified atom stereocenters. The zero-order valence-corrected chi connectivity index (χ0v) is 15.2. The number of esters is 1. The Morgan fingerprint density at radius 2 is 2.07 bits per heavy atom. The minimum atomic E-state index is -0.843. The molecule has 1 N–H and O–H groups in total. The van der Waals surface area contributed by atoms with Crippen LogP contribution < -0.4 is 4.74 Å². The Morgan fingerprint density at radius 1 is 1.26 bits per heavy atom. The van der Waals surface area contributed by atoms with Crippen molar-refractivity contribution in [3.8, 4) is 5.95 Å². The van der Waals surface area contributed by atoms with Crippen molar-refractivity contribution in [2.24, 2.45) is 0 Å². The second kappa shape index (κ2) is 6.83. The number of nitrogens with one attached hydrogen (secondary N) is 1. The maximum absolute atomic E-state index is 13.0. The Bertz CT molecular complexity index is 1000. The highest BCUT2D eigenvalue weighted by molar-refractivity contribution is 5.97. The highest BCUT2D eigenvalue weighted by atomic mass is 16.6. The average molecular weight is 368 g/mol. The number of hydrogen-bond acceptors (Lipinski definition) is 5. The second-order valence-corrected chi connectivity index (χ2v) is 6.29. The third-order valence-corrected chi connectivity index (χ3v) is 4.80. The van der Waals surface area contributed by atoms with Gasteiger partial charge in [0.15, 0.2) is 11.8 Å². The summed E-state index contributed by atoms with van der Waals surface area (Å²) in [6.07, 6.45) is 0.638. The van der Waals surface area contributed by atoms with E-state index in [2.05, 4.69) is 4.98 Å². The smallest absolute Gasteiger partial charge is 0.335 e. The van der Waals surface area contributed by atoms with Crippen LogP contribution in [-0.2, 0) is 16.0 Å². The van der Waals surface area contributed by atoms with E-state index in [9.17, 15) is 9.59 Å². The summed E-state index contributed by atoms with van der Waals surface area (Å²) in [5.41, 5.74) is 2.68. The molecule has 1 atom stereocenters. The van der Waals surface area contributed by atoms with E-state index in [-0.39, 0.29) is 24.2 Å². The molecule has 1 aliphatic heterocycles. The first-order valence-corrected chi connectivity index (χ1v) is 8.85. The minimum absolute atomic E-state index is 0.126. The summed E-state index contributed by atoms with van der Waals surface area (Å²) in [5.74, 6) is -0.465. The van der Waals surface area contributed by atoms with Crippen LogP contribution in [0.1, 0.15) is 34.8 Å². The molecule has 7 nitrogen and oxygen atoms in total. The van der Waals surface area contributed by atoms with Crippen molar-refractivity contribution in [1.82, 2.24) is 9.88 Å². The lowest BCUT2D eigenvalue weighted by Gasteiger charge is -2.33. The number of rotatable bonds is 4. The molecule has 140 valence electrons. The SMILES string of the molecule is CCOC(=O)[C@H]1c2[nH]c3ccccc3c2CCN1C(=O)c1ccc(OC)o1. The second-order valence-electron chi connectivity index (χ2n) is 6.29. The van der Waals surface area contributed by atoms with Gasteiger partial charge in [0.05, 0.1) is 19.4 Å². The lowest BCUT2D eigenvalue weighted by molar-refractivity contribution is -0.149. The fourth-order valence-corrected chi connectivity index (χ4v) is 3.61. The van der Waals surface area contributed by atoms with E-state index < -0.39 is 12.0 Å². The van der Waals surface area contributed by atoms with Crippen LogP contribution in [0.5, 0.6) is 5.95 Å². The number of methoxy groups -OCH3 is 1. The fraction of sp³-hybridized carbons (Fsp3) is 0.300. The molecule has 0 radical (unpaired) electrons. The van der Waals surface area contributed by atoms with Crippen LogP contribution in [0, 0.1) is 0 Å². The molecule has 1 aromatic carbocycles. The number of aromatic nitrogens is 1. The summed E-state index contributed by atoms with van der Waals surface area (Å²) in [7, 11) is 1.46. The van der Waals surface area contributed by atoms with Gasteiger partial charge in [0.1, 0.15) is 0 Å². The number of amides is 1. The van der Waals surface area contributed by atoms with E-state index in [1.807, 2.05) is 24.3 Å². The molecule has 3 aromatic rings. The number of furan rings is 1. The lowest BCUT2D eigenvalue weighted by Crippen LogP contribution is -2.44. The van der Waals surface area contributed by atoms with Gasteiger partial charge < -0.3 is 23.8 Å². The van der Waals surface area contributed by atoms with Gasteiger partial charge in [-0.3, -0.25) is 4.79 Å². The minimum Gasteiger partial charge on any atom is -0.468 e. The predicted molar refractivity (Wildman–Crippen MR) is 97.7 cm³/mol. The van der Waals surface area contributed by atoms with Crippen LogP contribution in [0.25, 0.3) is 10.9 Å². The van der Waals surface area contributed by atoms with Gasteiger partial charge in [0, 0.05) is 23.5 Å². The Hall–Kier alpha value is -3.22. The normalized spacial score (nSPS) is 16.2. The molecule has 1 amide bonds. The summed E-state index contributed by atoms with van der Waals surface area (Å²) in [6, 6.07) is 10.1. The van der Waals surface area contributed by atoms with Crippen LogP contribution in [0.3, 0.4) is 0 Å². The number of nitrogens with zero attached hydrogens (tertiary/aromatic N) is 1. The number of carbonyl (C=O) groups excluding carboxylic acids is 2. The monoisotopic (exact) mass is 368 g/mol. The Kier molecular flexibility index (Phi) is 4.35. The number of H-pyrrole nitrogens is 1. The van der Waals surface area contributed by atoms with Crippen molar-refractivity contribution in [3.63, 3.8) is 0 Å². The van der Waals surface area contributed by atoms with Crippen molar-refractivity contribution in [1.29, 1.82) is 0 Å². The quantitative estimate of drug-likeness (QED) is 0.716. The van der Waals surface area contributed by atoms with Crippen molar-refractivity contribution >= 4 is 22.8 Å². The number of fused-ring (bicyclic) bond motifs is 3. The first-order chi connectivity index (χ1) is 13.1. The number of aromatic amines is 1. The van der Waals surface area contributed by atoms with E-state index in [1.54, 1.807) is 19.1 Å². The maximum atomic E-state index is 13.0.